The molecule has 2 aromatic heterocycles. The number of nitrogens with two attached hydrogens (primary N) is 1. The molecular formula is C9H15N5S. The Morgan fingerprint density at radius 1 is 1.47 bits per heavy atom. The van der Waals surface area contributed by atoms with Crippen molar-refractivity contribution >= 4 is 16.3 Å². The number of hydrogen-bond acceptors (Lipinski definition) is 5. The molecule has 0 aromatic carbocycles. The Hall–Kier alpha value is -1.01. The van der Waals surface area contributed by atoms with Gasteiger partial charge in [-0.05, 0) is 19.4 Å². The molecule has 15 heavy (non-hydrogen) atoms. The molecule has 5 nitrogen and oxygen atoms in total. The predicted molar refractivity (Wildman–Crippen MR) is 59.9 cm³/mol. The standard InChI is InChI=1S/C9H15N5S/c1-3-7(5-10)4-8-13-14-6(2)11-12-9(14)15-8/h7H,3-5,10H2,1-2H3. The highest BCUT2D eigenvalue weighted by atomic mass is 32.1. The lowest BCUT2D eigenvalue weighted by atomic mass is 10.0. The molecule has 0 aliphatic rings. The van der Waals surface area contributed by atoms with E-state index in [1.165, 1.54) is 0 Å². The molecule has 2 aromatic rings. The van der Waals surface area contributed by atoms with E-state index < -0.39 is 0 Å². The first-order valence-electron chi connectivity index (χ1n) is 5.12. The van der Waals surface area contributed by atoms with Crippen molar-refractivity contribution in [1.29, 1.82) is 0 Å². The molecule has 0 spiro atoms. The average Bonchev–Trinajstić information content (AvgIpc) is 2.78. The van der Waals surface area contributed by atoms with Crippen LogP contribution in [0.5, 0.6) is 0 Å². The zero-order valence-electron chi connectivity index (χ0n) is 8.97. The molecule has 82 valence electrons. The second-order valence-corrected chi connectivity index (χ2v) is 4.69. The van der Waals surface area contributed by atoms with Crippen LogP contribution in [0.4, 0.5) is 0 Å². The topological polar surface area (TPSA) is 69.1 Å². The summed E-state index contributed by atoms with van der Waals surface area (Å²) in [4.78, 5) is 0.870. The summed E-state index contributed by atoms with van der Waals surface area (Å²) in [5, 5.41) is 13.5. The maximum absolute atomic E-state index is 5.67. The van der Waals surface area contributed by atoms with Crippen LogP contribution in [0.15, 0.2) is 0 Å². The second-order valence-electron chi connectivity index (χ2n) is 3.65. The Morgan fingerprint density at radius 2 is 2.27 bits per heavy atom. The Bertz CT molecular complexity index is 442. The smallest absolute Gasteiger partial charge is 0.234 e. The molecule has 0 radical (unpaired) electrons. The van der Waals surface area contributed by atoms with Crippen LogP contribution >= 0.6 is 11.3 Å². The van der Waals surface area contributed by atoms with Crippen LogP contribution in [0.25, 0.3) is 4.96 Å². The molecule has 1 unspecified atom stereocenters. The molecule has 0 bridgehead atoms. The van der Waals surface area contributed by atoms with E-state index in [0.29, 0.717) is 5.92 Å². The first-order chi connectivity index (χ1) is 7.24. The maximum atomic E-state index is 5.67. The summed E-state index contributed by atoms with van der Waals surface area (Å²) in [7, 11) is 0. The molecule has 2 N–H and O–H groups in total. The molecule has 1 atom stereocenters. The van der Waals surface area contributed by atoms with Crippen molar-refractivity contribution in [2.24, 2.45) is 11.7 Å². The van der Waals surface area contributed by atoms with E-state index in [0.717, 1.165) is 35.2 Å². The zero-order valence-corrected chi connectivity index (χ0v) is 9.79. The minimum absolute atomic E-state index is 0.522. The molecule has 0 saturated heterocycles. The van der Waals surface area contributed by atoms with Gasteiger partial charge in [0.05, 0.1) is 0 Å². The molecule has 2 rings (SSSR count). The van der Waals surface area contributed by atoms with Crippen molar-refractivity contribution in [3.63, 3.8) is 0 Å². The van der Waals surface area contributed by atoms with Gasteiger partial charge in [0.2, 0.25) is 4.96 Å². The van der Waals surface area contributed by atoms with E-state index in [1.807, 2.05) is 6.92 Å². The molecule has 0 saturated carbocycles. The van der Waals surface area contributed by atoms with Crippen LogP contribution in [0.3, 0.4) is 0 Å². The van der Waals surface area contributed by atoms with Crippen LogP contribution in [0, 0.1) is 12.8 Å². The van der Waals surface area contributed by atoms with Gasteiger partial charge in [-0.1, -0.05) is 24.7 Å². The highest BCUT2D eigenvalue weighted by Gasteiger charge is 2.12. The van der Waals surface area contributed by atoms with Crippen LogP contribution in [-0.2, 0) is 6.42 Å². The van der Waals surface area contributed by atoms with Gasteiger partial charge < -0.3 is 5.73 Å². The van der Waals surface area contributed by atoms with E-state index in [9.17, 15) is 0 Å². The number of rotatable bonds is 4. The Labute approximate surface area is 92.3 Å². The van der Waals surface area contributed by atoms with Gasteiger partial charge in [0.15, 0.2) is 5.82 Å². The quantitative estimate of drug-likeness (QED) is 0.843. The third-order valence-electron chi connectivity index (χ3n) is 2.56. The highest BCUT2D eigenvalue weighted by molar-refractivity contribution is 7.16. The number of fused-ring (bicyclic) bond motifs is 1. The van der Waals surface area contributed by atoms with Crippen LogP contribution in [0.1, 0.15) is 24.2 Å². The summed E-state index contributed by atoms with van der Waals surface area (Å²) in [6.45, 7) is 4.78. The molecule has 0 aliphatic carbocycles. The van der Waals surface area contributed by atoms with Gasteiger partial charge in [0.1, 0.15) is 5.01 Å². The van der Waals surface area contributed by atoms with Gasteiger partial charge >= 0.3 is 0 Å². The first-order valence-corrected chi connectivity index (χ1v) is 5.94. The molecule has 0 aliphatic heterocycles. The third kappa shape index (κ3) is 2.00. The van der Waals surface area contributed by atoms with Crippen LogP contribution < -0.4 is 5.73 Å². The van der Waals surface area contributed by atoms with Gasteiger partial charge in [0.25, 0.3) is 0 Å². The van der Waals surface area contributed by atoms with Crippen molar-refractivity contribution in [2.45, 2.75) is 26.7 Å². The fourth-order valence-electron chi connectivity index (χ4n) is 1.48. The fourth-order valence-corrected chi connectivity index (χ4v) is 2.47. The lowest BCUT2D eigenvalue weighted by molar-refractivity contribution is 0.514. The van der Waals surface area contributed by atoms with Crippen LogP contribution in [0.2, 0.25) is 0 Å². The monoisotopic (exact) mass is 225 g/mol. The summed E-state index contributed by atoms with van der Waals surface area (Å²) in [6.07, 6.45) is 2.04. The van der Waals surface area contributed by atoms with Crippen molar-refractivity contribution in [3.05, 3.63) is 10.8 Å². The number of aryl methyl sites for hydroxylation is 1. The fraction of sp³-hybridized carbons (Fsp3) is 0.667. The van der Waals surface area contributed by atoms with Gasteiger partial charge in [0, 0.05) is 6.42 Å². The molecule has 6 heteroatoms. The second kappa shape index (κ2) is 4.24. The highest BCUT2D eigenvalue weighted by Crippen LogP contribution is 2.18. The summed E-state index contributed by atoms with van der Waals surface area (Å²) < 4.78 is 1.79. The van der Waals surface area contributed by atoms with Crippen molar-refractivity contribution in [2.75, 3.05) is 6.54 Å². The number of aromatic nitrogens is 4. The van der Waals surface area contributed by atoms with Gasteiger partial charge in [-0.2, -0.15) is 9.61 Å². The Morgan fingerprint density at radius 3 is 2.87 bits per heavy atom. The van der Waals surface area contributed by atoms with E-state index in [2.05, 4.69) is 22.2 Å². The van der Waals surface area contributed by atoms with E-state index in [4.69, 9.17) is 5.73 Å². The molecule has 0 fully saturated rings. The minimum atomic E-state index is 0.522. The summed E-state index contributed by atoms with van der Waals surface area (Å²) in [6, 6.07) is 0. The van der Waals surface area contributed by atoms with Crippen molar-refractivity contribution < 1.29 is 0 Å². The maximum Gasteiger partial charge on any atom is 0.234 e. The Kier molecular flexibility index (Phi) is 2.97. The normalized spacial score (nSPS) is 13.5. The van der Waals surface area contributed by atoms with Gasteiger partial charge in [-0.25, -0.2) is 0 Å². The van der Waals surface area contributed by atoms with Crippen molar-refractivity contribution in [3.8, 4) is 0 Å². The molecule has 0 amide bonds. The van der Waals surface area contributed by atoms with E-state index in [1.54, 1.807) is 15.9 Å². The first kappa shape index (κ1) is 10.5. The number of hydrogen-bond donors (Lipinski definition) is 1. The SMILES string of the molecule is CCC(CN)Cc1nn2c(C)nnc2s1. The third-order valence-corrected chi connectivity index (χ3v) is 3.48. The largest absolute Gasteiger partial charge is 0.330 e. The average molecular weight is 225 g/mol. The lowest BCUT2D eigenvalue weighted by Gasteiger charge is -2.08. The van der Waals surface area contributed by atoms with Gasteiger partial charge in [-0.15, -0.1) is 10.2 Å². The molecule has 2 heterocycles. The van der Waals surface area contributed by atoms with Crippen LogP contribution in [-0.4, -0.2) is 26.4 Å². The van der Waals surface area contributed by atoms with Gasteiger partial charge in [-0.3, -0.25) is 0 Å². The Balaban J connectivity index is 2.21. The van der Waals surface area contributed by atoms with E-state index in [-0.39, 0.29) is 0 Å². The summed E-state index contributed by atoms with van der Waals surface area (Å²) >= 11 is 1.60. The lowest BCUT2D eigenvalue weighted by Crippen LogP contribution is -2.15. The van der Waals surface area contributed by atoms with E-state index >= 15 is 0 Å². The zero-order chi connectivity index (χ0) is 10.8. The summed E-state index contributed by atoms with van der Waals surface area (Å²) in [5.74, 6) is 1.36. The minimum Gasteiger partial charge on any atom is -0.330 e. The predicted octanol–water partition coefficient (Wildman–Crippen LogP) is 1.02. The van der Waals surface area contributed by atoms with Crippen molar-refractivity contribution in [1.82, 2.24) is 19.8 Å². The summed E-state index contributed by atoms with van der Waals surface area (Å²) in [5.41, 5.74) is 5.67. The molecular weight excluding hydrogens is 210 g/mol. The number of nitrogens with zero attached hydrogens (tertiary/aromatic N) is 4.